The number of likely N-dealkylation sites (N-methyl/N-ethyl adjacent to an activating group) is 1. The number of esters is 1. The summed E-state index contributed by atoms with van der Waals surface area (Å²) in [7, 11) is 2.29. The monoisotopic (exact) mass is 381 g/mol. The summed E-state index contributed by atoms with van der Waals surface area (Å²) in [6, 6.07) is 0. The lowest BCUT2D eigenvalue weighted by Gasteiger charge is -2.37. The second-order valence-corrected chi connectivity index (χ2v) is 8.88. The zero-order chi connectivity index (χ0) is 19.5. The van der Waals surface area contributed by atoms with Gasteiger partial charge in [-0.05, 0) is 38.5 Å². The van der Waals surface area contributed by atoms with Crippen molar-refractivity contribution in [1.82, 2.24) is 4.90 Å². The molecule has 5 heteroatoms. The third-order valence-electron chi connectivity index (χ3n) is 6.17. The van der Waals surface area contributed by atoms with Gasteiger partial charge in [-0.15, -0.1) is 0 Å². The van der Waals surface area contributed by atoms with Crippen molar-refractivity contribution in [2.75, 3.05) is 39.8 Å². The second kappa shape index (κ2) is 11.7. The summed E-state index contributed by atoms with van der Waals surface area (Å²) in [5.41, 5.74) is 0. The molecule has 0 N–H and O–H groups in total. The third kappa shape index (κ3) is 8.20. The molecule has 2 fully saturated rings. The Morgan fingerprint density at radius 3 is 2.41 bits per heavy atom. The Balaban J connectivity index is 1.88. The van der Waals surface area contributed by atoms with Crippen LogP contribution in [0, 0.1) is 0 Å². The molecule has 2 heterocycles. The first-order valence-corrected chi connectivity index (χ1v) is 11.3. The van der Waals surface area contributed by atoms with Gasteiger partial charge < -0.3 is 14.1 Å². The Morgan fingerprint density at radius 2 is 1.78 bits per heavy atom. The Bertz CT molecular complexity index is 458. The zero-order valence-corrected chi connectivity index (χ0v) is 17.7. The normalized spacial score (nSPS) is 21.1. The molecule has 0 radical (unpaired) electrons. The molecular formula is C22H41N2O3+. The molecule has 1 atom stereocenters. The number of rotatable bonds is 11. The summed E-state index contributed by atoms with van der Waals surface area (Å²) in [5, 5.41) is 0. The first-order chi connectivity index (χ1) is 13.0. The maximum Gasteiger partial charge on any atom is 0.306 e. The lowest BCUT2D eigenvalue weighted by molar-refractivity contribution is -0.911. The minimum absolute atomic E-state index is 0.0791. The van der Waals surface area contributed by atoms with Crippen LogP contribution in [0.5, 0.6) is 0 Å². The van der Waals surface area contributed by atoms with Crippen LogP contribution in [0.2, 0.25) is 0 Å². The molecule has 156 valence electrons. The molecule has 2 aliphatic rings. The van der Waals surface area contributed by atoms with Crippen LogP contribution in [0.15, 0.2) is 0 Å². The van der Waals surface area contributed by atoms with Gasteiger partial charge >= 0.3 is 5.97 Å². The third-order valence-corrected chi connectivity index (χ3v) is 6.17. The molecular weight excluding hydrogens is 340 g/mol. The van der Waals surface area contributed by atoms with Crippen LogP contribution in [-0.4, -0.2) is 67.1 Å². The Kier molecular flexibility index (Phi) is 9.60. The quantitative estimate of drug-likeness (QED) is 0.310. The molecule has 2 aliphatic heterocycles. The maximum atomic E-state index is 12.4. The van der Waals surface area contributed by atoms with E-state index in [-0.39, 0.29) is 18.0 Å². The topological polar surface area (TPSA) is 46.6 Å². The Labute approximate surface area is 166 Å². The van der Waals surface area contributed by atoms with Crippen LogP contribution in [0.1, 0.15) is 84.0 Å². The van der Waals surface area contributed by atoms with E-state index in [0.717, 1.165) is 49.9 Å². The summed E-state index contributed by atoms with van der Waals surface area (Å²) in [4.78, 5) is 26.4. The molecule has 27 heavy (non-hydrogen) atoms. The number of quaternary nitrogens is 1. The van der Waals surface area contributed by atoms with Crippen LogP contribution in [0.25, 0.3) is 0 Å². The van der Waals surface area contributed by atoms with Gasteiger partial charge in [-0.25, -0.2) is 0 Å². The number of ether oxygens (including phenoxy) is 1. The van der Waals surface area contributed by atoms with Gasteiger partial charge in [0.15, 0.2) is 6.10 Å². The zero-order valence-electron chi connectivity index (χ0n) is 17.7. The number of likely N-dealkylation sites (tertiary alicyclic amines) is 2. The average molecular weight is 382 g/mol. The molecule has 0 spiro atoms. The van der Waals surface area contributed by atoms with Crippen molar-refractivity contribution in [2.45, 2.75) is 90.1 Å². The minimum Gasteiger partial charge on any atom is -0.454 e. The molecule has 2 saturated heterocycles. The van der Waals surface area contributed by atoms with Crippen molar-refractivity contribution in [3.8, 4) is 0 Å². The van der Waals surface area contributed by atoms with Crippen LogP contribution in [0.4, 0.5) is 0 Å². The Morgan fingerprint density at radius 1 is 1.07 bits per heavy atom. The number of amides is 1. The molecule has 0 bridgehead atoms. The SMILES string of the molecule is CCCCCCCC(=O)O[C@@H](CN1CCCC1=O)C[N+]1(C)CCCCCC1. The highest BCUT2D eigenvalue weighted by molar-refractivity contribution is 5.78. The van der Waals surface area contributed by atoms with Crippen LogP contribution in [0.3, 0.4) is 0 Å². The van der Waals surface area contributed by atoms with E-state index in [0.29, 0.717) is 19.4 Å². The van der Waals surface area contributed by atoms with Gasteiger partial charge in [0, 0.05) is 19.4 Å². The summed E-state index contributed by atoms with van der Waals surface area (Å²) < 4.78 is 6.90. The highest BCUT2D eigenvalue weighted by Crippen LogP contribution is 2.20. The van der Waals surface area contributed by atoms with Gasteiger partial charge in [0.05, 0.1) is 26.7 Å². The summed E-state index contributed by atoms with van der Waals surface area (Å²) in [6.07, 6.45) is 12.7. The molecule has 0 aromatic heterocycles. The van der Waals surface area contributed by atoms with Gasteiger partial charge in [-0.2, -0.15) is 0 Å². The number of unbranched alkanes of at least 4 members (excludes halogenated alkanes) is 4. The molecule has 0 unspecified atom stereocenters. The van der Waals surface area contributed by atoms with Crippen molar-refractivity contribution in [1.29, 1.82) is 0 Å². The fourth-order valence-electron chi connectivity index (χ4n) is 4.52. The molecule has 0 saturated carbocycles. The molecule has 2 rings (SSSR count). The van der Waals surface area contributed by atoms with E-state index in [2.05, 4.69) is 14.0 Å². The van der Waals surface area contributed by atoms with Gasteiger partial charge in [0.1, 0.15) is 6.54 Å². The van der Waals surface area contributed by atoms with Crippen molar-refractivity contribution >= 4 is 11.9 Å². The lowest BCUT2D eigenvalue weighted by Crippen LogP contribution is -2.53. The van der Waals surface area contributed by atoms with Gasteiger partial charge in [-0.3, -0.25) is 9.59 Å². The van der Waals surface area contributed by atoms with Crippen LogP contribution in [-0.2, 0) is 14.3 Å². The molecule has 0 aromatic carbocycles. The predicted molar refractivity (Wildman–Crippen MR) is 108 cm³/mol. The van der Waals surface area contributed by atoms with E-state index < -0.39 is 0 Å². The van der Waals surface area contributed by atoms with E-state index >= 15 is 0 Å². The summed E-state index contributed by atoms with van der Waals surface area (Å²) in [6.45, 7) is 6.73. The van der Waals surface area contributed by atoms with Crippen LogP contribution < -0.4 is 0 Å². The summed E-state index contributed by atoms with van der Waals surface area (Å²) in [5.74, 6) is 0.138. The number of carbonyl (C=O) groups excluding carboxylic acids is 2. The van der Waals surface area contributed by atoms with Crippen molar-refractivity contribution in [3.63, 3.8) is 0 Å². The van der Waals surface area contributed by atoms with E-state index in [1.165, 1.54) is 44.9 Å². The number of carbonyl (C=O) groups is 2. The van der Waals surface area contributed by atoms with Gasteiger partial charge in [0.2, 0.25) is 5.91 Å². The first kappa shape index (κ1) is 22.2. The molecule has 5 nitrogen and oxygen atoms in total. The number of nitrogens with zero attached hydrogens (tertiary/aromatic N) is 2. The highest BCUT2D eigenvalue weighted by atomic mass is 16.5. The lowest BCUT2D eigenvalue weighted by atomic mass is 10.1. The Hall–Kier alpha value is -1.10. The van der Waals surface area contributed by atoms with Gasteiger partial charge in [-0.1, -0.05) is 32.6 Å². The van der Waals surface area contributed by atoms with E-state index in [9.17, 15) is 9.59 Å². The highest BCUT2D eigenvalue weighted by Gasteiger charge is 2.33. The largest absolute Gasteiger partial charge is 0.454 e. The van der Waals surface area contributed by atoms with Crippen molar-refractivity contribution in [3.05, 3.63) is 0 Å². The predicted octanol–water partition coefficient (Wildman–Crippen LogP) is 3.90. The van der Waals surface area contributed by atoms with E-state index in [4.69, 9.17) is 4.74 Å². The fraction of sp³-hybridized carbons (Fsp3) is 0.909. The second-order valence-electron chi connectivity index (χ2n) is 8.88. The summed E-state index contributed by atoms with van der Waals surface area (Å²) >= 11 is 0. The first-order valence-electron chi connectivity index (χ1n) is 11.3. The van der Waals surface area contributed by atoms with Crippen molar-refractivity contribution in [2.24, 2.45) is 0 Å². The number of hydrogen-bond acceptors (Lipinski definition) is 3. The van der Waals surface area contributed by atoms with E-state index in [1.54, 1.807) is 0 Å². The molecule has 1 amide bonds. The number of hydrogen-bond donors (Lipinski definition) is 0. The average Bonchev–Trinajstić information content (AvgIpc) is 2.89. The molecule has 0 aromatic rings. The fourth-order valence-corrected chi connectivity index (χ4v) is 4.52. The van der Waals surface area contributed by atoms with Gasteiger partial charge in [0.25, 0.3) is 0 Å². The minimum atomic E-state index is -0.168. The van der Waals surface area contributed by atoms with Crippen LogP contribution >= 0.6 is 0 Å². The van der Waals surface area contributed by atoms with E-state index in [1.807, 2.05) is 4.90 Å². The standard InChI is InChI=1S/C22H41N2O3/c1-3-4-5-6-9-14-22(26)27-20(18-23-15-12-13-21(23)25)19-24(2)16-10-7-8-11-17-24/h20H,3-19H2,1-2H3/q+1/t20-/m0/s1. The maximum absolute atomic E-state index is 12.4. The van der Waals surface area contributed by atoms with Crippen molar-refractivity contribution < 1.29 is 18.8 Å². The smallest absolute Gasteiger partial charge is 0.306 e. The molecule has 0 aliphatic carbocycles.